The Morgan fingerprint density at radius 2 is 0.939 bits per heavy atom. The minimum atomic E-state index is 1.02. The van der Waals surface area contributed by atoms with Gasteiger partial charge in [0.25, 0.3) is 0 Å². The Bertz CT molecular complexity index is 1500. The predicted molar refractivity (Wildman–Crippen MR) is 140 cm³/mol. The minimum Gasteiger partial charge on any atom is -0.354 e. The molecule has 0 spiro atoms. The Labute approximate surface area is 192 Å². The molecule has 0 aliphatic heterocycles. The Morgan fingerprint density at radius 3 is 1.55 bits per heavy atom. The molecule has 2 N–H and O–H groups in total. The standard InChI is InChI=1S/C30H23N3/c1-3-12-22(13-4-1)31-26-18-11-21-29(30(26)32-23-14-5-2-6-15-23)33-27-19-9-7-16-24(27)25-17-8-10-20-28(25)33/h1-21,31-32H. The van der Waals surface area contributed by atoms with E-state index in [-0.39, 0.29) is 0 Å². The van der Waals surface area contributed by atoms with E-state index in [1.807, 2.05) is 24.3 Å². The maximum absolute atomic E-state index is 3.70. The largest absolute Gasteiger partial charge is 0.354 e. The Hall–Kier alpha value is -4.50. The molecule has 33 heavy (non-hydrogen) atoms. The van der Waals surface area contributed by atoms with Gasteiger partial charge in [0.2, 0.25) is 0 Å². The zero-order chi connectivity index (χ0) is 22.0. The number of para-hydroxylation sites is 5. The monoisotopic (exact) mass is 425 g/mol. The summed E-state index contributed by atoms with van der Waals surface area (Å²) in [7, 11) is 0. The third-order valence-electron chi connectivity index (χ3n) is 5.96. The van der Waals surface area contributed by atoms with E-state index in [1.54, 1.807) is 0 Å². The number of rotatable bonds is 5. The Morgan fingerprint density at radius 1 is 0.424 bits per heavy atom. The SMILES string of the molecule is c1ccc(Nc2cccc(-n3c4ccccc4c4ccccc43)c2Nc2ccccc2)cc1. The van der Waals surface area contributed by atoms with Crippen LogP contribution in [0.4, 0.5) is 22.7 Å². The summed E-state index contributed by atoms with van der Waals surface area (Å²) in [5.74, 6) is 0. The highest BCUT2D eigenvalue weighted by Gasteiger charge is 2.17. The number of hydrogen-bond donors (Lipinski definition) is 2. The van der Waals surface area contributed by atoms with Gasteiger partial charge in [0.05, 0.1) is 28.1 Å². The summed E-state index contributed by atoms with van der Waals surface area (Å²) in [6.07, 6.45) is 0. The Balaban J connectivity index is 1.62. The summed E-state index contributed by atoms with van der Waals surface area (Å²) in [6, 6.07) is 44.2. The van der Waals surface area contributed by atoms with Crippen LogP contribution in [0.15, 0.2) is 127 Å². The van der Waals surface area contributed by atoms with Gasteiger partial charge in [-0.15, -0.1) is 0 Å². The van der Waals surface area contributed by atoms with Crippen LogP contribution >= 0.6 is 0 Å². The third kappa shape index (κ3) is 3.50. The molecule has 1 aromatic heterocycles. The molecule has 6 rings (SSSR count). The van der Waals surface area contributed by atoms with Gasteiger partial charge in [-0.05, 0) is 48.5 Å². The summed E-state index contributed by atoms with van der Waals surface area (Å²) in [4.78, 5) is 0. The van der Waals surface area contributed by atoms with Gasteiger partial charge in [0, 0.05) is 22.1 Å². The van der Waals surface area contributed by atoms with Crippen molar-refractivity contribution in [2.45, 2.75) is 0 Å². The van der Waals surface area contributed by atoms with Crippen LogP contribution in [-0.4, -0.2) is 4.57 Å². The second-order valence-corrected chi connectivity index (χ2v) is 8.05. The first-order chi connectivity index (χ1) is 16.4. The van der Waals surface area contributed by atoms with Crippen LogP contribution in [0.25, 0.3) is 27.5 Å². The molecule has 0 aliphatic rings. The molecule has 3 nitrogen and oxygen atoms in total. The number of nitrogens with one attached hydrogen (secondary N) is 2. The molecule has 5 aromatic carbocycles. The van der Waals surface area contributed by atoms with Crippen molar-refractivity contribution in [3.05, 3.63) is 127 Å². The fourth-order valence-corrected chi connectivity index (χ4v) is 4.49. The van der Waals surface area contributed by atoms with Gasteiger partial charge in [-0.2, -0.15) is 0 Å². The summed E-state index contributed by atoms with van der Waals surface area (Å²) >= 11 is 0. The molecule has 0 fully saturated rings. The van der Waals surface area contributed by atoms with Crippen molar-refractivity contribution < 1.29 is 0 Å². The number of hydrogen-bond acceptors (Lipinski definition) is 2. The fourth-order valence-electron chi connectivity index (χ4n) is 4.49. The average molecular weight is 426 g/mol. The van der Waals surface area contributed by atoms with Crippen molar-refractivity contribution in [2.24, 2.45) is 0 Å². The number of aromatic nitrogens is 1. The van der Waals surface area contributed by atoms with E-state index >= 15 is 0 Å². The average Bonchev–Trinajstić information content (AvgIpc) is 3.21. The van der Waals surface area contributed by atoms with Crippen molar-refractivity contribution in [3.8, 4) is 5.69 Å². The molecular formula is C30H23N3. The molecule has 0 aliphatic carbocycles. The highest BCUT2D eigenvalue weighted by molar-refractivity contribution is 6.10. The summed E-state index contributed by atoms with van der Waals surface area (Å²) in [5, 5.41) is 9.81. The van der Waals surface area contributed by atoms with Gasteiger partial charge in [-0.1, -0.05) is 78.9 Å². The first kappa shape index (κ1) is 19.2. The maximum Gasteiger partial charge on any atom is 0.0868 e. The number of nitrogens with zero attached hydrogens (tertiary/aromatic N) is 1. The lowest BCUT2D eigenvalue weighted by molar-refractivity contribution is 1.18. The lowest BCUT2D eigenvalue weighted by atomic mass is 10.1. The van der Waals surface area contributed by atoms with Crippen molar-refractivity contribution in [3.63, 3.8) is 0 Å². The van der Waals surface area contributed by atoms with E-state index in [1.165, 1.54) is 21.8 Å². The second kappa shape index (κ2) is 8.21. The molecule has 0 saturated heterocycles. The molecule has 0 atom stereocenters. The van der Waals surface area contributed by atoms with Gasteiger partial charge in [-0.25, -0.2) is 0 Å². The van der Waals surface area contributed by atoms with Crippen LogP contribution in [0, 0.1) is 0 Å². The summed E-state index contributed by atoms with van der Waals surface area (Å²) in [5.41, 5.74) is 7.61. The van der Waals surface area contributed by atoms with Crippen LogP contribution in [-0.2, 0) is 0 Å². The quantitative estimate of drug-likeness (QED) is 0.291. The molecule has 0 unspecified atom stereocenters. The summed E-state index contributed by atoms with van der Waals surface area (Å²) in [6.45, 7) is 0. The zero-order valence-electron chi connectivity index (χ0n) is 18.1. The molecule has 158 valence electrons. The molecule has 1 heterocycles. The van der Waals surface area contributed by atoms with Gasteiger partial charge in [0.1, 0.15) is 0 Å². The smallest absolute Gasteiger partial charge is 0.0868 e. The minimum absolute atomic E-state index is 1.02. The molecular weight excluding hydrogens is 402 g/mol. The van der Waals surface area contributed by atoms with Gasteiger partial charge >= 0.3 is 0 Å². The Kier molecular flexibility index (Phi) is 4.78. The van der Waals surface area contributed by atoms with Crippen LogP contribution in [0.2, 0.25) is 0 Å². The van der Waals surface area contributed by atoms with Crippen LogP contribution in [0.1, 0.15) is 0 Å². The van der Waals surface area contributed by atoms with E-state index in [4.69, 9.17) is 0 Å². The zero-order valence-corrected chi connectivity index (χ0v) is 18.1. The summed E-state index contributed by atoms with van der Waals surface area (Å²) < 4.78 is 2.35. The molecule has 0 saturated carbocycles. The van der Waals surface area contributed by atoms with Gasteiger partial charge in [-0.3, -0.25) is 0 Å². The highest BCUT2D eigenvalue weighted by atomic mass is 15.1. The predicted octanol–water partition coefficient (Wildman–Crippen LogP) is 8.27. The lowest BCUT2D eigenvalue weighted by Gasteiger charge is -2.20. The van der Waals surface area contributed by atoms with Gasteiger partial charge in [0.15, 0.2) is 0 Å². The van der Waals surface area contributed by atoms with E-state index in [9.17, 15) is 0 Å². The van der Waals surface area contributed by atoms with E-state index in [0.29, 0.717) is 0 Å². The van der Waals surface area contributed by atoms with Crippen LogP contribution in [0.5, 0.6) is 0 Å². The van der Waals surface area contributed by atoms with E-state index in [2.05, 4.69) is 118 Å². The highest BCUT2D eigenvalue weighted by Crippen LogP contribution is 2.39. The first-order valence-electron chi connectivity index (χ1n) is 11.1. The van der Waals surface area contributed by atoms with Gasteiger partial charge < -0.3 is 15.2 Å². The lowest BCUT2D eigenvalue weighted by Crippen LogP contribution is -2.04. The molecule has 0 amide bonds. The topological polar surface area (TPSA) is 29.0 Å². The number of fused-ring (bicyclic) bond motifs is 3. The van der Waals surface area contributed by atoms with Crippen molar-refractivity contribution in [2.75, 3.05) is 10.6 Å². The van der Waals surface area contributed by atoms with Crippen molar-refractivity contribution in [1.82, 2.24) is 4.57 Å². The normalized spacial score (nSPS) is 11.0. The number of benzene rings is 5. The van der Waals surface area contributed by atoms with Crippen molar-refractivity contribution >= 4 is 44.6 Å². The molecule has 0 radical (unpaired) electrons. The molecule has 0 bridgehead atoms. The van der Waals surface area contributed by atoms with Crippen LogP contribution in [0.3, 0.4) is 0 Å². The molecule has 6 aromatic rings. The van der Waals surface area contributed by atoms with Crippen LogP contribution < -0.4 is 10.6 Å². The third-order valence-corrected chi connectivity index (χ3v) is 5.96. The van der Waals surface area contributed by atoms with E-state index < -0.39 is 0 Å². The first-order valence-corrected chi connectivity index (χ1v) is 11.1. The van der Waals surface area contributed by atoms with E-state index in [0.717, 1.165) is 28.4 Å². The second-order valence-electron chi connectivity index (χ2n) is 8.05. The fraction of sp³-hybridized carbons (Fsp3) is 0. The van der Waals surface area contributed by atoms with Crippen molar-refractivity contribution in [1.29, 1.82) is 0 Å². The maximum atomic E-state index is 3.70. The molecule has 3 heteroatoms. The number of anilines is 4.